The van der Waals surface area contributed by atoms with Gasteiger partial charge in [-0.15, -0.1) is 0 Å². The Hall–Kier alpha value is -2.09. The van der Waals surface area contributed by atoms with E-state index >= 15 is 0 Å². The van der Waals surface area contributed by atoms with Crippen LogP contribution in [0.1, 0.15) is 17.5 Å². The number of esters is 1. The molecule has 1 aliphatic heterocycles. The number of amides is 2. The summed E-state index contributed by atoms with van der Waals surface area (Å²) in [7, 11) is 0. The van der Waals surface area contributed by atoms with Gasteiger partial charge < -0.3 is 15.0 Å². The molecule has 2 amide bonds. The number of rotatable bonds is 5. The summed E-state index contributed by atoms with van der Waals surface area (Å²) in [5, 5.41) is 3.53. The minimum atomic E-state index is -0.683. The predicted molar refractivity (Wildman–Crippen MR) is 120 cm³/mol. The largest absolute Gasteiger partial charge is 0.455 e. The van der Waals surface area contributed by atoms with Gasteiger partial charge >= 0.3 is 5.97 Å². The van der Waals surface area contributed by atoms with E-state index in [1.807, 2.05) is 26.0 Å². The number of hydrogen-bond donors (Lipinski definition) is 1. The quantitative estimate of drug-likeness (QED) is 0.576. The van der Waals surface area contributed by atoms with Gasteiger partial charge in [0.15, 0.2) is 6.61 Å². The van der Waals surface area contributed by atoms with Crippen molar-refractivity contribution in [2.75, 3.05) is 23.4 Å². The molecule has 3 rings (SSSR count). The maximum atomic E-state index is 12.4. The number of benzene rings is 2. The molecule has 0 radical (unpaired) electrons. The van der Waals surface area contributed by atoms with E-state index < -0.39 is 24.4 Å². The minimum absolute atomic E-state index is 0.0195. The zero-order valence-electron chi connectivity index (χ0n) is 16.3. The number of nitrogens with zero attached hydrogens (tertiary/aromatic N) is 1. The number of anilines is 2. The van der Waals surface area contributed by atoms with Crippen molar-refractivity contribution in [2.24, 2.45) is 5.92 Å². The van der Waals surface area contributed by atoms with E-state index in [2.05, 4.69) is 21.2 Å². The third kappa shape index (κ3) is 5.14. The first-order valence-corrected chi connectivity index (χ1v) is 10.7. The summed E-state index contributed by atoms with van der Waals surface area (Å²) in [4.78, 5) is 38.4. The van der Waals surface area contributed by atoms with Crippen LogP contribution in [-0.2, 0) is 19.1 Å². The Morgan fingerprint density at radius 3 is 2.67 bits per heavy atom. The number of hydrogen-bond acceptors (Lipinski definition) is 4. The van der Waals surface area contributed by atoms with Gasteiger partial charge in [-0.05, 0) is 55.3 Å². The maximum absolute atomic E-state index is 12.4. The summed E-state index contributed by atoms with van der Waals surface area (Å²) < 4.78 is 6.09. The Morgan fingerprint density at radius 1 is 1.20 bits per heavy atom. The van der Waals surface area contributed by atoms with Crippen molar-refractivity contribution in [1.29, 1.82) is 0 Å². The third-order valence-corrected chi connectivity index (χ3v) is 6.19. The molecule has 1 saturated heterocycles. The van der Waals surface area contributed by atoms with E-state index in [9.17, 15) is 14.4 Å². The van der Waals surface area contributed by atoms with E-state index in [-0.39, 0.29) is 18.9 Å². The zero-order chi connectivity index (χ0) is 22.0. The SMILES string of the molecule is Cc1cc(NC(=O)COC(=O)[C@H]2CC(=O)N(c3cc(Cl)ccc3Cl)C2)c(C)cc1Br. The molecule has 158 valence electrons. The van der Waals surface area contributed by atoms with Gasteiger partial charge in [0.25, 0.3) is 5.91 Å². The molecule has 2 aromatic carbocycles. The molecule has 9 heteroatoms. The van der Waals surface area contributed by atoms with E-state index in [1.54, 1.807) is 18.2 Å². The van der Waals surface area contributed by atoms with E-state index in [0.717, 1.165) is 15.6 Å². The predicted octanol–water partition coefficient (Wildman–Crippen LogP) is 4.91. The lowest BCUT2D eigenvalue weighted by Gasteiger charge is -2.18. The summed E-state index contributed by atoms with van der Waals surface area (Å²) in [6, 6.07) is 8.52. The summed E-state index contributed by atoms with van der Waals surface area (Å²) in [6.45, 7) is 3.46. The van der Waals surface area contributed by atoms with Gasteiger partial charge in [0, 0.05) is 28.1 Å². The van der Waals surface area contributed by atoms with Gasteiger partial charge in [-0.3, -0.25) is 14.4 Å². The first-order chi connectivity index (χ1) is 14.2. The molecule has 0 aromatic heterocycles. The molecule has 1 aliphatic rings. The van der Waals surface area contributed by atoms with E-state index in [0.29, 0.717) is 21.4 Å². The van der Waals surface area contributed by atoms with Gasteiger partial charge in [-0.2, -0.15) is 0 Å². The average molecular weight is 514 g/mol. The number of aryl methyl sites for hydroxylation is 2. The normalized spacial score (nSPS) is 16.0. The van der Waals surface area contributed by atoms with Crippen LogP contribution in [-0.4, -0.2) is 30.9 Å². The Morgan fingerprint density at radius 2 is 1.93 bits per heavy atom. The Bertz CT molecular complexity index is 1030. The van der Waals surface area contributed by atoms with E-state index in [1.165, 1.54) is 4.90 Å². The molecule has 1 fully saturated rings. The van der Waals surface area contributed by atoms with Crippen molar-refractivity contribution >= 4 is 68.3 Å². The number of ether oxygens (including phenoxy) is 1. The molecule has 0 unspecified atom stereocenters. The summed E-state index contributed by atoms with van der Waals surface area (Å²) in [5.74, 6) is -2.00. The lowest BCUT2D eigenvalue weighted by molar-refractivity contribution is -0.151. The van der Waals surface area contributed by atoms with Gasteiger partial charge in [0.05, 0.1) is 16.6 Å². The highest BCUT2D eigenvalue weighted by atomic mass is 79.9. The minimum Gasteiger partial charge on any atom is -0.455 e. The van der Waals surface area contributed by atoms with Crippen LogP contribution in [0.25, 0.3) is 0 Å². The molecule has 1 N–H and O–H groups in total. The average Bonchev–Trinajstić information content (AvgIpc) is 3.07. The van der Waals surface area contributed by atoms with Crippen LogP contribution in [0.15, 0.2) is 34.8 Å². The van der Waals surface area contributed by atoms with Crippen LogP contribution in [0.2, 0.25) is 10.0 Å². The number of nitrogens with one attached hydrogen (secondary N) is 1. The van der Waals surface area contributed by atoms with Crippen LogP contribution >= 0.6 is 39.1 Å². The number of halogens is 3. The zero-order valence-corrected chi connectivity index (χ0v) is 19.4. The van der Waals surface area contributed by atoms with Crippen molar-refractivity contribution in [3.05, 3.63) is 56.0 Å². The molecule has 1 heterocycles. The van der Waals surface area contributed by atoms with Crippen LogP contribution in [0.3, 0.4) is 0 Å². The third-order valence-electron chi connectivity index (χ3n) is 4.78. The monoisotopic (exact) mass is 512 g/mol. The maximum Gasteiger partial charge on any atom is 0.311 e. The second-order valence-corrected chi connectivity index (χ2v) is 8.77. The molecular formula is C21H19BrCl2N2O4. The number of carbonyl (C=O) groups is 3. The fourth-order valence-electron chi connectivity index (χ4n) is 3.15. The topological polar surface area (TPSA) is 75.7 Å². The summed E-state index contributed by atoms with van der Waals surface area (Å²) in [5.41, 5.74) is 2.94. The van der Waals surface area contributed by atoms with Crippen molar-refractivity contribution in [2.45, 2.75) is 20.3 Å². The highest BCUT2D eigenvalue weighted by molar-refractivity contribution is 9.10. The Kier molecular flexibility index (Phi) is 7.06. The van der Waals surface area contributed by atoms with Crippen molar-refractivity contribution in [3.63, 3.8) is 0 Å². The number of carbonyl (C=O) groups excluding carboxylic acids is 3. The Balaban J connectivity index is 1.58. The van der Waals surface area contributed by atoms with Crippen LogP contribution < -0.4 is 10.2 Å². The van der Waals surface area contributed by atoms with Crippen molar-refractivity contribution in [3.8, 4) is 0 Å². The lowest BCUT2D eigenvalue weighted by atomic mass is 10.1. The standard InChI is InChI=1S/C21H19BrCl2N2O4/c1-11-6-17(12(2)5-15(11)22)25-19(27)10-30-21(29)13-7-20(28)26(9-13)18-8-14(23)3-4-16(18)24/h3-6,8,13H,7,9-10H2,1-2H3,(H,25,27)/t13-/m0/s1. The van der Waals surface area contributed by atoms with Gasteiger partial charge in [-0.1, -0.05) is 39.1 Å². The highest BCUT2D eigenvalue weighted by Gasteiger charge is 2.37. The first-order valence-electron chi connectivity index (χ1n) is 9.14. The fourth-order valence-corrected chi connectivity index (χ4v) is 3.99. The summed E-state index contributed by atoms with van der Waals surface area (Å²) in [6.07, 6.45) is -0.0195. The van der Waals surface area contributed by atoms with Gasteiger partial charge in [0.1, 0.15) is 0 Å². The van der Waals surface area contributed by atoms with Crippen LogP contribution in [0.5, 0.6) is 0 Å². The van der Waals surface area contributed by atoms with E-state index in [4.69, 9.17) is 27.9 Å². The molecule has 6 nitrogen and oxygen atoms in total. The molecular weight excluding hydrogens is 495 g/mol. The Labute approximate surface area is 192 Å². The fraction of sp³-hybridized carbons (Fsp3) is 0.286. The van der Waals surface area contributed by atoms with Gasteiger partial charge in [-0.25, -0.2) is 0 Å². The second-order valence-electron chi connectivity index (χ2n) is 7.07. The highest BCUT2D eigenvalue weighted by Crippen LogP contribution is 2.33. The van der Waals surface area contributed by atoms with Crippen LogP contribution in [0, 0.1) is 19.8 Å². The molecule has 0 aliphatic carbocycles. The van der Waals surface area contributed by atoms with Crippen molar-refractivity contribution < 1.29 is 19.1 Å². The summed E-state index contributed by atoms with van der Waals surface area (Å²) >= 11 is 15.6. The molecule has 30 heavy (non-hydrogen) atoms. The van der Waals surface area contributed by atoms with Crippen molar-refractivity contribution in [1.82, 2.24) is 0 Å². The van der Waals surface area contributed by atoms with Crippen LogP contribution in [0.4, 0.5) is 11.4 Å². The molecule has 0 bridgehead atoms. The van der Waals surface area contributed by atoms with Gasteiger partial charge in [0.2, 0.25) is 5.91 Å². The smallest absolute Gasteiger partial charge is 0.311 e. The first kappa shape index (κ1) is 22.6. The molecule has 0 saturated carbocycles. The molecule has 2 aromatic rings. The molecule has 0 spiro atoms. The second kappa shape index (κ2) is 9.37. The lowest BCUT2D eigenvalue weighted by Crippen LogP contribution is -2.28. The molecule has 1 atom stereocenters.